The molecule has 1 amide bonds. The molecule has 1 aliphatic heterocycles. The van der Waals surface area contributed by atoms with Gasteiger partial charge in [0.05, 0.1) is 11.9 Å². The molecular formula is C27H33FN4O5Si. The van der Waals surface area contributed by atoms with Crippen molar-refractivity contribution in [1.29, 1.82) is 0 Å². The van der Waals surface area contributed by atoms with Crippen LogP contribution in [-0.2, 0) is 21.7 Å². The van der Waals surface area contributed by atoms with Crippen LogP contribution in [0.4, 0.5) is 9.18 Å². The Balaban J connectivity index is 1.54. The Morgan fingerprint density at radius 2 is 2.05 bits per heavy atom. The lowest BCUT2D eigenvalue weighted by atomic mass is 9.95. The van der Waals surface area contributed by atoms with E-state index in [2.05, 4.69) is 29.9 Å². The number of halogens is 1. The Labute approximate surface area is 222 Å². The van der Waals surface area contributed by atoms with Gasteiger partial charge in [0.2, 0.25) is 5.78 Å². The van der Waals surface area contributed by atoms with Gasteiger partial charge in [0.15, 0.2) is 0 Å². The Morgan fingerprint density at radius 1 is 1.26 bits per heavy atom. The standard InChI is InChI=1S/C27H33FN4O5Si/c1-38(2,3)16-15-35-19-32-17-22(20-8-10-21(28)11-9-20)30-25(32)27(18-37-26(34)31-27)12-6-4-5-7-23(33)24-29-13-14-36-24/h4,6,8-11,13-14,17H,5,7,12,15-16,18-19H2,1-3H3,(H,31,34)/b6-4+. The van der Waals surface area contributed by atoms with Crippen molar-refractivity contribution in [2.24, 2.45) is 0 Å². The number of alkyl carbamates (subject to hydrolysis) is 1. The van der Waals surface area contributed by atoms with Gasteiger partial charge in [0.25, 0.3) is 5.89 Å². The first kappa shape index (κ1) is 27.5. The molecule has 2 aromatic heterocycles. The first-order chi connectivity index (χ1) is 18.2. The Morgan fingerprint density at radius 3 is 2.71 bits per heavy atom. The van der Waals surface area contributed by atoms with Gasteiger partial charge in [-0.05, 0) is 43.2 Å². The number of carbonyl (C=O) groups is 2. The van der Waals surface area contributed by atoms with Crippen molar-refractivity contribution in [2.75, 3.05) is 13.2 Å². The van der Waals surface area contributed by atoms with E-state index in [9.17, 15) is 14.0 Å². The lowest BCUT2D eigenvalue weighted by Crippen LogP contribution is -2.42. The van der Waals surface area contributed by atoms with Crippen LogP contribution in [0.1, 0.15) is 35.8 Å². The summed E-state index contributed by atoms with van der Waals surface area (Å²) in [6, 6.07) is 7.12. The van der Waals surface area contributed by atoms with Gasteiger partial charge in [-0.1, -0.05) is 31.8 Å². The zero-order chi connectivity index (χ0) is 27.2. The first-order valence-electron chi connectivity index (χ1n) is 12.6. The summed E-state index contributed by atoms with van der Waals surface area (Å²) in [7, 11) is -1.27. The highest BCUT2D eigenvalue weighted by Gasteiger charge is 2.44. The molecule has 1 fully saturated rings. The number of rotatable bonds is 13. The van der Waals surface area contributed by atoms with Crippen LogP contribution in [-0.4, -0.2) is 47.7 Å². The second-order valence-electron chi connectivity index (χ2n) is 10.5. The number of amides is 1. The van der Waals surface area contributed by atoms with E-state index in [0.717, 1.165) is 11.6 Å². The number of Topliss-reactive ketones (excluding diaryl/α,β-unsaturated/α-hetero) is 1. The minimum Gasteiger partial charge on any atom is -0.447 e. The molecule has 1 N–H and O–H groups in total. The van der Waals surface area contributed by atoms with Crippen LogP contribution in [0.5, 0.6) is 0 Å². The minimum atomic E-state index is -1.27. The maximum absolute atomic E-state index is 13.5. The topological polar surface area (TPSA) is 108 Å². The average molecular weight is 541 g/mol. The zero-order valence-electron chi connectivity index (χ0n) is 21.9. The smallest absolute Gasteiger partial charge is 0.408 e. The molecule has 38 heavy (non-hydrogen) atoms. The second kappa shape index (κ2) is 11.9. The predicted octanol–water partition coefficient (Wildman–Crippen LogP) is 5.53. The molecule has 3 aromatic rings. The second-order valence-corrected chi connectivity index (χ2v) is 16.2. The number of nitrogens with one attached hydrogen (secondary N) is 1. The van der Waals surface area contributed by atoms with E-state index in [4.69, 9.17) is 18.9 Å². The van der Waals surface area contributed by atoms with Gasteiger partial charge in [0, 0.05) is 32.9 Å². The molecule has 202 valence electrons. The highest BCUT2D eigenvalue weighted by Crippen LogP contribution is 2.32. The number of oxazole rings is 1. The van der Waals surface area contributed by atoms with Gasteiger partial charge in [-0.2, -0.15) is 0 Å². The maximum Gasteiger partial charge on any atom is 0.408 e. The molecule has 0 saturated carbocycles. The molecule has 9 nitrogen and oxygen atoms in total. The summed E-state index contributed by atoms with van der Waals surface area (Å²) in [4.78, 5) is 33.1. The number of carbonyl (C=O) groups excluding carboxylic acids is 2. The van der Waals surface area contributed by atoms with E-state index < -0.39 is 19.7 Å². The van der Waals surface area contributed by atoms with Gasteiger partial charge in [-0.25, -0.2) is 19.2 Å². The van der Waals surface area contributed by atoms with Gasteiger partial charge < -0.3 is 23.8 Å². The average Bonchev–Trinajstić information content (AvgIpc) is 3.62. The first-order valence-corrected chi connectivity index (χ1v) is 16.3. The molecular weight excluding hydrogens is 507 g/mol. The van der Waals surface area contributed by atoms with Crippen molar-refractivity contribution in [2.45, 2.75) is 57.2 Å². The molecule has 11 heteroatoms. The van der Waals surface area contributed by atoms with E-state index in [-0.39, 0.29) is 37.2 Å². The fourth-order valence-corrected chi connectivity index (χ4v) is 4.82. The molecule has 1 saturated heterocycles. The third kappa shape index (κ3) is 7.04. The summed E-state index contributed by atoms with van der Waals surface area (Å²) in [6.45, 7) is 7.82. The number of allylic oxidation sites excluding steroid dienone is 1. The number of cyclic esters (lactones) is 1. The SMILES string of the molecule is C[Si](C)(C)CCOCn1cc(-c2ccc(F)cc2)nc1C1(C/C=C/CCC(=O)c2ncco2)COC(=O)N1. The monoisotopic (exact) mass is 540 g/mol. The minimum absolute atomic E-state index is 0.0835. The molecule has 1 atom stereocenters. The summed E-state index contributed by atoms with van der Waals surface area (Å²) < 4.78 is 31.8. The highest BCUT2D eigenvalue weighted by atomic mass is 28.3. The number of imidazole rings is 1. The van der Waals surface area contributed by atoms with Crippen LogP contribution in [0.2, 0.25) is 25.7 Å². The van der Waals surface area contributed by atoms with E-state index >= 15 is 0 Å². The van der Waals surface area contributed by atoms with Crippen LogP contribution in [0, 0.1) is 5.82 Å². The van der Waals surface area contributed by atoms with Crippen LogP contribution in [0.3, 0.4) is 0 Å². The number of ketones is 1. The van der Waals surface area contributed by atoms with E-state index in [0.29, 0.717) is 31.0 Å². The number of nitrogens with zero attached hydrogens (tertiary/aromatic N) is 3. The molecule has 0 bridgehead atoms. The van der Waals surface area contributed by atoms with Crippen molar-refractivity contribution in [3.63, 3.8) is 0 Å². The number of benzene rings is 1. The van der Waals surface area contributed by atoms with Gasteiger partial charge in [-0.15, -0.1) is 0 Å². The van der Waals surface area contributed by atoms with Crippen molar-refractivity contribution in [3.05, 3.63) is 72.6 Å². The van der Waals surface area contributed by atoms with Gasteiger partial charge >= 0.3 is 6.09 Å². The predicted molar refractivity (Wildman–Crippen MR) is 142 cm³/mol. The molecule has 0 aliphatic carbocycles. The number of ether oxygens (including phenoxy) is 2. The number of hydrogen-bond acceptors (Lipinski definition) is 7. The van der Waals surface area contributed by atoms with Crippen molar-refractivity contribution >= 4 is 20.0 Å². The quantitative estimate of drug-likeness (QED) is 0.131. The lowest BCUT2D eigenvalue weighted by molar-refractivity contribution is 0.0805. The zero-order valence-corrected chi connectivity index (χ0v) is 22.9. The van der Waals surface area contributed by atoms with Crippen LogP contribution < -0.4 is 5.32 Å². The molecule has 0 radical (unpaired) electrons. The number of hydrogen-bond donors (Lipinski definition) is 1. The maximum atomic E-state index is 13.5. The van der Waals surface area contributed by atoms with Crippen molar-refractivity contribution in [1.82, 2.24) is 19.9 Å². The summed E-state index contributed by atoms with van der Waals surface area (Å²) in [6.07, 6.45) is 9.03. The molecule has 0 spiro atoms. The molecule has 1 unspecified atom stereocenters. The third-order valence-electron chi connectivity index (χ3n) is 6.20. The fraction of sp³-hybridized carbons (Fsp3) is 0.407. The van der Waals surface area contributed by atoms with Crippen LogP contribution >= 0.6 is 0 Å². The van der Waals surface area contributed by atoms with E-state index in [1.165, 1.54) is 24.6 Å². The van der Waals surface area contributed by atoms with Crippen LogP contribution in [0.15, 0.2) is 59.5 Å². The summed E-state index contributed by atoms with van der Waals surface area (Å²) in [5, 5.41) is 2.94. The summed E-state index contributed by atoms with van der Waals surface area (Å²) in [5.41, 5.74) is 0.449. The fourth-order valence-electron chi connectivity index (χ4n) is 4.06. The van der Waals surface area contributed by atoms with E-state index in [1.807, 2.05) is 22.9 Å². The molecule has 1 aromatic carbocycles. The molecule has 1 aliphatic rings. The third-order valence-corrected chi connectivity index (χ3v) is 7.91. The number of aromatic nitrogens is 3. The Hall–Kier alpha value is -3.57. The summed E-state index contributed by atoms with van der Waals surface area (Å²) in [5.74, 6) is 0.163. The molecule has 3 heterocycles. The summed E-state index contributed by atoms with van der Waals surface area (Å²) >= 11 is 0. The van der Waals surface area contributed by atoms with Crippen LogP contribution in [0.25, 0.3) is 11.3 Å². The molecule has 4 rings (SSSR count). The Kier molecular flexibility index (Phi) is 8.57. The van der Waals surface area contributed by atoms with Gasteiger partial charge in [-0.3, -0.25) is 4.79 Å². The normalized spacial score (nSPS) is 17.6. The lowest BCUT2D eigenvalue weighted by Gasteiger charge is -2.25. The van der Waals surface area contributed by atoms with Crippen molar-refractivity contribution in [3.8, 4) is 11.3 Å². The highest BCUT2D eigenvalue weighted by molar-refractivity contribution is 6.76. The Bertz CT molecular complexity index is 1270. The van der Waals surface area contributed by atoms with Crippen molar-refractivity contribution < 1.29 is 27.9 Å². The largest absolute Gasteiger partial charge is 0.447 e. The van der Waals surface area contributed by atoms with E-state index in [1.54, 1.807) is 12.1 Å². The van der Waals surface area contributed by atoms with Gasteiger partial charge in [0.1, 0.15) is 36.8 Å².